The van der Waals surface area contributed by atoms with E-state index in [0.717, 1.165) is 12.1 Å². The number of hydrogen-bond donors (Lipinski definition) is 2. The highest BCUT2D eigenvalue weighted by atomic mass is 16.1. The third kappa shape index (κ3) is 1.84. The highest BCUT2D eigenvalue weighted by molar-refractivity contribution is 5.30. The molecule has 1 aromatic heterocycles. The zero-order chi connectivity index (χ0) is 11.0. The number of aromatic amines is 1. The van der Waals surface area contributed by atoms with Gasteiger partial charge in [0.2, 0.25) is 0 Å². The average Bonchev–Trinajstić information content (AvgIpc) is 2.16. The highest BCUT2D eigenvalue weighted by Gasteiger charge is 2.22. The number of fused-ring (bicyclic) bond motifs is 1. The van der Waals surface area contributed by atoms with Crippen molar-refractivity contribution in [2.75, 3.05) is 0 Å². The van der Waals surface area contributed by atoms with Gasteiger partial charge in [-0.05, 0) is 36.3 Å². The smallest absolute Gasteiger partial charge is 0.252 e. The molecule has 0 aliphatic heterocycles. The van der Waals surface area contributed by atoms with Gasteiger partial charge in [-0.25, -0.2) is 0 Å². The molecular weight excluding hydrogens is 188 g/mol. The van der Waals surface area contributed by atoms with E-state index in [1.807, 2.05) is 6.07 Å². The lowest BCUT2D eigenvalue weighted by Crippen LogP contribution is -2.24. The van der Waals surface area contributed by atoms with E-state index in [9.17, 15) is 4.79 Å². The molecule has 0 bridgehead atoms. The van der Waals surface area contributed by atoms with Crippen LogP contribution >= 0.6 is 0 Å². The average molecular weight is 206 g/mol. The lowest BCUT2D eigenvalue weighted by Gasteiger charge is -2.27. The fourth-order valence-electron chi connectivity index (χ4n) is 2.55. The summed E-state index contributed by atoms with van der Waals surface area (Å²) in [6.45, 7) is 4.77. The van der Waals surface area contributed by atoms with Gasteiger partial charge in [-0.15, -0.1) is 0 Å². The first kappa shape index (κ1) is 10.4. The van der Waals surface area contributed by atoms with Crippen molar-refractivity contribution in [1.29, 1.82) is 0 Å². The summed E-state index contributed by atoms with van der Waals surface area (Å²) < 4.78 is 0. The Labute approximate surface area is 89.7 Å². The number of hydrogen-bond acceptors (Lipinski definition) is 2. The van der Waals surface area contributed by atoms with Crippen molar-refractivity contribution >= 4 is 0 Å². The molecule has 0 radical (unpaired) electrons. The second-order valence-electron chi connectivity index (χ2n) is 4.71. The molecule has 0 aromatic carbocycles. The van der Waals surface area contributed by atoms with Crippen molar-refractivity contribution in [2.45, 2.75) is 39.2 Å². The summed E-state index contributed by atoms with van der Waals surface area (Å²) in [6, 6.07) is 1.99. The van der Waals surface area contributed by atoms with E-state index >= 15 is 0 Å². The van der Waals surface area contributed by atoms with Crippen LogP contribution in [0.3, 0.4) is 0 Å². The number of nitrogens with two attached hydrogens (primary N) is 1. The first-order chi connectivity index (χ1) is 7.11. The predicted octanol–water partition coefficient (Wildman–Crippen LogP) is 1.52. The first-order valence-corrected chi connectivity index (χ1v) is 5.56. The van der Waals surface area contributed by atoms with Crippen LogP contribution in [0.4, 0.5) is 0 Å². The van der Waals surface area contributed by atoms with Gasteiger partial charge in [-0.1, -0.05) is 13.8 Å². The largest absolute Gasteiger partial charge is 0.326 e. The minimum absolute atomic E-state index is 0.0162. The van der Waals surface area contributed by atoms with Gasteiger partial charge in [0.25, 0.3) is 5.56 Å². The molecule has 1 aliphatic carbocycles. The van der Waals surface area contributed by atoms with Crippen molar-refractivity contribution < 1.29 is 0 Å². The Morgan fingerprint density at radius 3 is 2.93 bits per heavy atom. The molecule has 0 spiro atoms. The van der Waals surface area contributed by atoms with Gasteiger partial charge < -0.3 is 10.7 Å². The molecule has 0 fully saturated rings. The molecule has 2 atom stereocenters. The highest BCUT2D eigenvalue weighted by Crippen LogP contribution is 2.32. The second-order valence-corrected chi connectivity index (χ2v) is 4.71. The van der Waals surface area contributed by atoms with Crippen LogP contribution in [0.2, 0.25) is 0 Å². The molecule has 3 heteroatoms. The molecule has 0 saturated carbocycles. The van der Waals surface area contributed by atoms with Crippen LogP contribution < -0.4 is 11.3 Å². The maximum atomic E-state index is 11.6. The van der Waals surface area contributed by atoms with E-state index in [-0.39, 0.29) is 5.56 Å². The Hall–Kier alpha value is -1.09. The normalized spacial score (nSPS) is 25.0. The lowest BCUT2D eigenvalue weighted by atomic mass is 9.80. The summed E-state index contributed by atoms with van der Waals surface area (Å²) in [6.07, 6.45) is 2.18. The Bertz CT molecular complexity index is 422. The molecule has 2 rings (SSSR count). The van der Waals surface area contributed by atoms with Gasteiger partial charge in [-0.3, -0.25) is 4.79 Å². The van der Waals surface area contributed by atoms with Gasteiger partial charge in [0.15, 0.2) is 0 Å². The van der Waals surface area contributed by atoms with Crippen molar-refractivity contribution in [2.24, 2.45) is 11.7 Å². The standard InChI is InChI=1S/C12H18N2O/c1-7-3-8(2)10-5-9(6-13)12(15)14-11(10)4-7/h5,7-8H,3-4,6,13H2,1-2H3,(H,14,15). The number of H-pyrrole nitrogens is 1. The van der Waals surface area contributed by atoms with Gasteiger partial charge in [0, 0.05) is 17.8 Å². The lowest BCUT2D eigenvalue weighted by molar-refractivity contribution is 0.441. The van der Waals surface area contributed by atoms with Crippen LogP contribution in [-0.2, 0) is 13.0 Å². The van der Waals surface area contributed by atoms with Crippen molar-refractivity contribution in [3.05, 3.63) is 33.2 Å². The summed E-state index contributed by atoms with van der Waals surface area (Å²) in [7, 11) is 0. The third-order valence-electron chi connectivity index (χ3n) is 3.29. The van der Waals surface area contributed by atoms with E-state index in [4.69, 9.17) is 5.73 Å². The minimum Gasteiger partial charge on any atom is -0.326 e. The van der Waals surface area contributed by atoms with E-state index in [1.54, 1.807) is 0 Å². The number of aromatic nitrogens is 1. The van der Waals surface area contributed by atoms with Crippen LogP contribution in [0.5, 0.6) is 0 Å². The van der Waals surface area contributed by atoms with Crippen LogP contribution in [0.25, 0.3) is 0 Å². The van der Waals surface area contributed by atoms with E-state index in [0.29, 0.717) is 23.9 Å². The van der Waals surface area contributed by atoms with Gasteiger partial charge in [0.05, 0.1) is 0 Å². The second kappa shape index (κ2) is 3.81. The molecule has 0 amide bonds. The van der Waals surface area contributed by atoms with Crippen LogP contribution in [0, 0.1) is 5.92 Å². The van der Waals surface area contributed by atoms with Gasteiger partial charge >= 0.3 is 0 Å². The Morgan fingerprint density at radius 1 is 1.53 bits per heavy atom. The monoisotopic (exact) mass is 206 g/mol. The van der Waals surface area contributed by atoms with E-state index in [1.165, 1.54) is 12.0 Å². The molecule has 1 aromatic rings. The predicted molar refractivity (Wildman–Crippen MR) is 60.9 cm³/mol. The molecule has 15 heavy (non-hydrogen) atoms. The summed E-state index contributed by atoms with van der Waals surface area (Å²) in [5.74, 6) is 1.19. The fraction of sp³-hybridized carbons (Fsp3) is 0.583. The SMILES string of the molecule is CC1Cc2[nH]c(=O)c(CN)cc2C(C)C1. The minimum atomic E-state index is -0.0162. The quantitative estimate of drug-likeness (QED) is 0.732. The summed E-state index contributed by atoms with van der Waals surface area (Å²) in [5.41, 5.74) is 8.62. The van der Waals surface area contributed by atoms with Crippen LogP contribution in [-0.4, -0.2) is 4.98 Å². The van der Waals surface area contributed by atoms with Crippen molar-refractivity contribution in [1.82, 2.24) is 4.98 Å². The van der Waals surface area contributed by atoms with Crippen LogP contribution in [0.1, 0.15) is 43.0 Å². The van der Waals surface area contributed by atoms with Crippen LogP contribution in [0.15, 0.2) is 10.9 Å². The topological polar surface area (TPSA) is 58.9 Å². The third-order valence-corrected chi connectivity index (χ3v) is 3.29. The number of pyridine rings is 1. The Kier molecular flexibility index (Phi) is 2.65. The molecule has 0 saturated heterocycles. The van der Waals surface area contributed by atoms with Gasteiger partial charge in [-0.2, -0.15) is 0 Å². The Morgan fingerprint density at radius 2 is 2.27 bits per heavy atom. The van der Waals surface area contributed by atoms with E-state index in [2.05, 4.69) is 18.8 Å². The maximum absolute atomic E-state index is 11.6. The zero-order valence-corrected chi connectivity index (χ0v) is 9.34. The number of rotatable bonds is 1. The Balaban J connectivity index is 2.52. The molecule has 3 nitrogen and oxygen atoms in total. The molecule has 1 heterocycles. The number of nitrogens with one attached hydrogen (secondary N) is 1. The van der Waals surface area contributed by atoms with Crippen molar-refractivity contribution in [3.8, 4) is 0 Å². The molecule has 3 N–H and O–H groups in total. The van der Waals surface area contributed by atoms with E-state index < -0.39 is 0 Å². The maximum Gasteiger partial charge on any atom is 0.252 e. The molecule has 1 aliphatic rings. The first-order valence-electron chi connectivity index (χ1n) is 5.56. The summed E-state index contributed by atoms with van der Waals surface area (Å²) in [4.78, 5) is 14.6. The summed E-state index contributed by atoms with van der Waals surface area (Å²) in [5, 5.41) is 0. The zero-order valence-electron chi connectivity index (χ0n) is 9.34. The molecular formula is C12H18N2O. The fourth-order valence-corrected chi connectivity index (χ4v) is 2.55. The molecule has 82 valence electrons. The van der Waals surface area contributed by atoms with Crippen molar-refractivity contribution in [3.63, 3.8) is 0 Å². The summed E-state index contributed by atoms with van der Waals surface area (Å²) >= 11 is 0. The van der Waals surface area contributed by atoms with Gasteiger partial charge in [0.1, 0.15) is 0 Å². The molecule has 2 unspecified atom stereocenters.